The van der Waals surface area contributed by atoms with Gasteiger partial charge in [0.1, 0.15) is 0 Å². The number of amides is 2. The maximum atomic E-state index is 11.0. The third kappa shape index (κ3) is 2.57. The number of anilines is 1. The summed E-state index contributed by atoms with van der Waals surface area (Å²) in [6, 6.07) is -0.259. The van der Waals surface area contributed by atoms with E-state index in [1.165, 1.54) is 6.20 Å². The van der Waals surface area contributed by atoms with Gasteiger partial charge in [0.05, 0.1) is 6.20 Å². The highest BCUT2D eigenvalue weighted by Crippen LogP contribution is 1.94. The monoisotopic (exact) mass is 169 g/mol. The van der Waals surface area contributed by atoms with E-state index in [0.717, 1.165) is 6.42 Å². The topological polar surface area (TPSA) is 82.7 Å². The lowest BCUT2D eigenvalue weighted by Gasteiger charge is -2.01. The van der Waals surface area contributed by atoms with E-state index in [0.29, 0.717) is 12.4 Å². The van der Waals surface area contributed by atoms with Gasteiger partial charge < -0.3 is 5.32 Å². The minimum atomic E-state index is -0.259. The summed E-state index contributed by atoms with van der Waals surface area (Å²) in [6.45, 7) is 2.64. The van der Waals surface area contributed by atoms with Crippen LogP contribution in [-0.4, -0.2) is 28.0 Å². The van der Waals surface area contributed by atoms with Crippen molar-refractivity contribution in [3.8, 4) is 0 Å². The van der Waals surface area contributed by atoms with Crippen molar-refractivity contribution < 1.29 is 4.79 Å². The fraction of sp³-hybridized carbons (Fsp3) is 0.500. The van der Waals surface area contributed by atoms with Gasteiger partial charge in [-0.3, -0.25) is 5.32 Å². The van der Waals surface area contributed by atoms with Crippen LogP contribution in [0.1, 0.15) is 13.3 Å². The quantitative estimate of drug-likeness (QED) is 0.610. The summed E-state index contributed by atoms with van der Waals surface area (Å²) in [5, 5.41) is 14.7. The Labute approximate surface area is 69.7 Å². The summed E-state index contributed by atoms with van der Waals surface area (Å²) in [5.41, 5.74) is 0. The largest absolute Gasteiger partial charge is 0.338 e. The molecule has 6 nitrogen and oxygen atoms in total. The van der Waals surface area contributed by atoms with Crippen LogP contribution in [0.5, 0.6) is 0 Å². The Kier molecular flexibility index (Phi) is 3.06. The van der Waals surface area contributed by atoms with Crippen molar-refractivity contribution in [3.05, 3.63) is 6.20 Å². The van der Waals surface area contributed by atoms with E-state index in [4.69, 9.17) is 0 Å². The average molecular weight is 169 g/mol. The molecule has 1 heterocycles. The van der Waals surface area contributed by atoms with Crippen molar-refractivity contribution in [3.63, 3.8) is 0 Å². The van der Waals surface area contributed by atoms with Crippen molar-refractivity contribution in [2.75, 3.05) is 11.9 Å². The smallest absolute Gasteiger partial charge is 0.320 e. The van der Waals surface area contributed by atoms with E-state index < -0.39 is 0 Å². The third-order valence-corrected chi connectivity index (χ3v) is 1.19. The van der Waals surface area contributed by atoms with Crippen LogP contribution in [0, 0.1) is 0 Å². The predicted molar refractivity (Wildman–Crippen MR) is 43.7 cm³/mol. The Morgan fingerprint density at radius 1 is 1.75 bits per heavy atom. The van der Waals surface area contributed by atoms with E-state index in [-0.39, 0.29) is 6.03 Å². The second kappa shape index (κ2) is 4.32. The van der Waals surface area contributed by atoms with Crippen molar-refractivity contribution in [1.29, 1.82) is 0 Å². The Bertz CT molecular complexity index is 232. The van der Waals surface area contributed by atoms with Crippen LogP contribution in [0.4, 0.5) is 10.6 Å². The van der Waals surface area contributed by atoms with Gasteiger partial charge in [-0.2, -0.15) is 10.3 Å². The van der Waals surface area contributed by atoms with Crippen molar-refractivity contribution in [2.45, 2.75) is 13.3 Å². The fourth-order valence-electron chi connectivity index (χ4n) is 0.661. The van der Waals surface area contributed by atoms with Crippen LogP contribution in [0.25, 0.3) is 0 Å². The Morgan fingerprint density at radius 3 is 3.17 bits per heavy atom. The lowest BCUT2D eigenvalue weighted by molar-refractivity contribution is 0.252. The predicted octanol–water partition coefficient (Wildman–Crippen LogP) is 0.336. The summed E-state index contributed by atoms with van der Waals surface area (Å²) in [4.78, 5) is 11.0. The van der Waals surface area contributed by atoms with Crippen LogP contribution < -0.4 is 10.6 Å². The molecule has 0 aliphatic carbocycles. The molecule has 0 aliphatic heterocycles. The highest BCUT2D eigenvalue weighted by Gasteiger charge is 2.00. The molecule has 0 radical (unpaired) electrons. The minimum Gasteiger partial charge on any atom is -0.338 e. The van der Waals surface area contributed by atoms with Crippen LogP contribution >= 0.6 is 0 Å². The number of H-pyrrole nitrogens is 1. The van der Waals surface area contributed by atoms with Gasteiger partial charge in [-0.15, -0.1) is 5.10 Å². The average Bonchev–Trinajstić information content (AvgIpc) is 2.53. The van der Waals surface area contributed by atoms with E-state index in [9.17, 15) is 4.79 Å². The summed E-state index contributed by atoms with van der Waals surface area (Å²) < 4.78 is 0. The molecule has 0 fully saturated rings. The molecule has 1 rings (SSSR count). The molecule has 6 heteroatoms. The van der Waals surface area contributed by atoms with E-state index in [1.807, 2.05) is 6.92 Å². The number of carbonyl (C=O) groups is 1. The van der Waals surface area contributed by atoms with Gasteiger partial charge in [-0.05, 0) is 6.42 Å². The lowest BCUT2D eigenvalue weighted by atomic mass is 10.5. The number of hydrogen-bond donors (Lipinski definition) is 3. The van der Waals surface area contributed by atoms with E-state index >= 15 is 0 Å². The lowest BCUT2D eigenvalue weighted by Crippen LogP contribution is -2.29. The van der Waals surface area contributed by atoms with Crippen LogP contribution in [0.2, 0.25) is 0 Å². The van der Waals surface area contributed by atoms with Crippen LogP contribution in [0.3, 0.4) is 0 Å². The molecule has 3 N–H and O–H groups in total. The number of carbonyl (C=O) groups excluding carboxylic acids is 1. The molecule has 0 unspecified atom stereocenters. The fourth-order valence-corrected chi connectivity index (χ4v) is 0.661. The summed E-state index contributed by atoms with van der Waals surface area (Å²) >= 11 is 0. The van der Waals surface area contributed by atoms with Gasteiger partial charge in [-0.25, -0.2) is 4.79 Å². The molecule has 66 valence electrons. The maximum absolute atomic E-state index is 11.0. The number of nitrogens with one attached hydrogen (secondary N) is 3. The summed E-state index contributed by atoms with van der Waals surface area (Å²) in [7, 11) is 0. The van der Waals surface area contributed by atoms with Crippen molar-refractivity contribution >= 4 is 11.8 Å². The number of rotatable bonds is 3. The third-order valence-electron chi connectivity index (χ3n) is 1.19. The number of hydrogen-bond acceptors (Lipinski definition) is 3. The van der Waals surface area contributed by atoms with Gasteiger partial charge in [0.2, 0.25) is 0 Å². The van der Waals surface area contributed by atoms with Gasteiger partial charge >= 0.3 is 6.03 Å². The van der Waals surface area contributed by atoms with Crippen molar-refractivity contribution in [2.24, 2.45) is 0 Å². The molecule has 1 aromatic rings. The molecular weight excluding hydrogens is 158 g/mol. The molecule has 0 aliphatic rings. The molecule has 0 spiro atoms. The zero-order valence-electron chi connectivity index (χ0n) is 6.79. The summed E-state index contributed by atoms with van der Waals surface area (Å²) in [5.74, 6) is 0.420. The van der Waals surface area contributed by atoms with Gasteiger partial charge in [0.15, 0.2) is 5.82 Å². The molecule has 0 bridgehead atoms. The highest BCUT2D eigenvalue weighted by atomic mass is 16.2. The zero-order valence-corrected chi connectivity index (χ0v) is 6.79. The minimum absolute atomic E-state index is 0.259. The van der Waals surface area contributed by atoms with Crippen LogP contribution in [-0.2, 0) is 0 Å². The number of aromatic nitrogens is 3. The van der Waals surface area contributed by atoms with Gasteiger partial charge in [-0.1, -0.05) is 6.92 Å². The highest BCUT2D eigenvalue weighted by molar-refractivity contribution is 5.87. The second-order valence-corrected chi connectivity index (χ2v) is 2.24. The molecule has 12 heavy (non-hydrogen) atoms. The number of nitrogens with zero attached hydrogens (tertiary/aromatic N) is 2. The first-order chi connectivity index (χ1) is 5.83. The van der Waals surface area contributed by atoms with Crippen molar-refractivity contribution in [1.82, 2.24) is 20.7 Å². The zero-order chi connectivity index (χ0) is 8.81. The Hall–Kier alpha value is -1.59. The molecule has 0 aromatic carbocycles. The Morgan fingerprint density at radius 2 is 2.58 bits per heavy atom. The van der Waals surface area contributed by atoms with Crippen LogP contribution in [0.15, 0.2) is 6.20 Å². The first-order valence-corrected chi connectivity index (χ1v) is 3.73. The van der Waals surface area contributed by atoms with E-state index in [1.54, 1.807) is 0 Å². The number of aromatic amines is 1. The normalized spacial score (nSPS) is 9.42. The molecule has 1 aromatic heterocycles. The standard InChI is InChI=1S/C6H11N5O/c1-2-3-7-6(12)9-5-4-8-11-10-5/h4H,2-3H2,1H3,(H3,7,8,9,10,11,12). The van der Waals surface area contributed by atoms with E-state index in [2.05, 4.69) is 26.0 Å². The molecule has 0 atom stereocenters. The molecular formula is C6H11N5O. The SMILES string of the molecule is CCCNC(=O)Nc1cn[nH]n1. The van der Waals surface area contributed by atoms with Gasteiger partial charge in [0, 0.05) is 6.54 Å². The first-order valence-electron chi connectivity index (χ1n) is 3.73. The molecule has 0 saturated heterocycles. The van der Waals surface area contributed by atoms with Gasteiger partial charge in [0.25, 0.3) is 0 Å². The summed E-state index contributed by atoms with van der Waals surface area (Å²) in [6.07, 6.45) is 2.35. The molecule has 0 saturated carbocycles. The maximum Gasteiger partial charge on any atom is 0.320 e. The first kappa shape index (κ1) is 8.51. The molecule has 2 amide bonds. The second-order valence-electron chi connectivity index (χ2n) is 2.24. The Balaban J connectivity index is 2.27. The number of urea groups is 1.